The van der Waals surface area contributed by atoms with Crippen LogP contribution >= 0.6 is 0 Å². The Labute approximate surface area is 81.7 Å². The smallest absolute Gasteiger partial charge is 0.101 e. The first-order valence-corrected chi connectivity index (χ1v) is 3.12. The number of oxime groups is 2. The van der Waals surface area contributed by atoms with Crippen molar-refractivity contribution in [3.63, 3.8) is 0 Å². The van der Waals surface area contributed by atoms with Gasteiger partial charge in [0.25, 0.3) is 0 Å². The molecule has 0 atom stereocenters. The summed E-state index contributed by atoms with van der Waals surface area (Å²) in [5.41, 5.74) is 0.625. The minimum Gasteiger partial charge on any atom is -0.411 e. The van der Waals surface area contributed by atoms with E-state index in [1.807, 2.05) is 0 Å². The standard InChI is InChI=1S/C4H8N2O2.C2H6O.Ni/c1-3(5-7)4(2)6-8;1-2-3;/h7-8H,1-2H3;3H,2H2,1H3;/b5-3+,6-4+;;. The van der Waals surface area contributed by atoms with Crippen molar-refractivity contribution in [3.8, 4) is 0 Å². The van der Waals surface area contributed by atoms with Gasteiger partial charge in [0, 0.05) is 23.1 Å². The Morgan fingerprint density at radius 3 is 1.33 bits per heavy atom. The fraction of sp³-hybridized carbons (Fsp3) is 0.667. The largest absolute Gasteiger partial charge is 0.411 e. The molecule has 0 spiro atoms. The molecule has 0 aliphatic rings. The van der Waals surface area contributed by atoms with Crippen LogP contribution in [0.1, 0.15) is 20.8 Å². The molecule has 6 heteroatoms. The van der Waals surface area contributed by atoms with Crippen LogP contribution in [0.5, 0.6) is 0 Å². The summed E-state index contributed by atoms with van der Waals surface area (Å²) in [6.07, 6.45) is 0. The molecule has 76 valence electrons. The molecule has 0 bridgehead atoms. The SMILES string of the molecule is CC(=N\O)/C(C)=N/O.CCO.[Ni]. The summed E-state index contributed by atoms with van der Waals surface area (Å²) >= 11 is 0. The molecule has 0 aliphatic carbocycles. The fourth-order valence-electron chi connectivity index (χ4n) is 0.145. The van der Waals surface area contributed by atoms with Crippen LogP contribution in [0.25, 0.3) is 0 Å². The number of aliphatic hydroxyl groups excluding tert-OH is 1. The van der Waals surface area contributed by atoms with Crippen molar-refractivity contribution in [1.29, 1.82) is 0 Å². The van der Waals surface area contributed by atoms with Gasteiger partial charge in [0.15, 0.2) is 0 Å². The third kappa shape index (κ3) is 12.1. The number of rotatable bonds is 1. The van der Waals surface area contributed by atoms with Crippen LogP contribution in [0.3, 0.4) is 0 Å². The molecular weight excluding hydrogens is 207 g/mol. The first kappa shape index (κ1) is 17.5. The molecule has 12 heavy (non-hydrogen) atoms. The molecule has 0 amide bonds. The molecule has 0 radical (unpaired) electrons. The van der Waals surface area contributed by atoms with E-state index in [9.17, 15) is 0 Å². The van der Waals surface area contributed by atoms with Gasteiger partial charge in [-0.1, -0.05) is 10.3 Å². The normalized spacial score (nSPS) is 11.0. The van der Waals surface area contributed by atoms with Crippen LogP contribution in [0.15, 0.2) is 10.3 Å². The van der Waals surface area contributed by atoms with Gasteiger partial charge in [-0.3, -0.25) is 0 Å². The van der Waals surface area contributed by atoms with Crippen molar-refractivity contribution in [3.05, 3.63) is 0 Å². The average molecular weight is 221 g/mol. The molecule has 0 saturated carbocycles. The maximum atomic E-state index is 8.03. The van der Waals surface area contributed by atoms with Gasteiger partial charge >= 0.3 is 0 Å². The Morgan fingerprint density at radius 2 is 1.25 bits per heavy atom. The van der Waals surface area contributed by atoms with Crippen molar-refractivity contribution < 1.29 is 32.0 Å². The number of hydrogen-bond donors (Lipinski definition) is 3. The summed E-state index contributed by atoms with van der Waals surface area (Å²) in [5.74, 6) is 0. The van der Waals surface area contributed by atoms with Crippen molar-refractivity contribution >= 4 is 11.4 Å². The van der Waals surface area contributed by atoms with Gasteiger partial charge < -0.3 is 15.5 Å². The second kappa shape index (κ2) is 13.0. The second-order valence-corrected chi connectivity index (χ2v) is 1.69. The van der Waals surface area contributed by atoms with Gasteiger partial charge in [-0.05, 0) is 20.8 Å². The van der Waals surface area contributed by atoms with E-state index in [2.05, 4.69) is 10.3 Å². The predicted molar refractivity (Wildman–Crippen MR) is 42.6 cm³/mol. The minimum atomic E-state index is 0. The summed E-state index contributed by atoms with van der Waals surface area (Å²) in [6.45, 7) is 5.00. The zero-order valence-corrected chi connectivity index (χ0v) is 8.25. The summed E-state index contributed by atoms with van der Waals surface area (Å²) in [4.78, 5) is 0. The van der Waals surface area contributed by atoms with Crippen molar-refractivity contribution in [2.45, 2.75) is 20.8 Å². The van der Waals surface area contributed by atoms with Crippen LogP contribution in [-0.4, -0.2) is 33.6 Å². The van der Waals surface area contributed by atoms with Crippen LogP contribution < -0.4 is 0 Å². The van der Waals surface area contributed by atoms with E-state index >= 15 is 0 Å². The third-order valence-corrected chi connectivity index (χ3v) is 0.824. The summed E-state index contributed by atoms with van der Waals surface area (Å²) < 4.78 is 0. The molecule has 0 heterocycles. The van der Waals surface area contributed by atoms with Gasteiger partial charge in [-0.25, -0.2) is 0 Å². The Hall–Kier alpha value is -0.606. The van der Waals surface area contributed by atoms with Gasteiger partial charge in [-0.15, -0.1) is 0 Å². The monoisotopic (exact) mass is 220 g/mol. The Kier molecular flexibility index (Phi) is 19.0. The van der Waals surface area contributed by atoms with Crippen LogP contribution in [-0.2, 0) is 16.5 Å². The zero-order chi connectivity index (χ0) is 9.28. The molecule has 0 fully saturated rings. The fourth-order valence-corrected chi connectivity index (χ4v) is 0.145. The second-order valence-electron chi connectivity index (χ2n) is 1.69. The van der Waals surface area contributed by atoms with E-state index in [-0.39, 0.29) is 23.1 Å². The number of aliphatic hydroxyl groups is 1. The molecular formula is C6H14N2NiO3. The van der Waals surface area contributed by atoms with Gasteiger partial charge in [0.2, 0.25) is 0 Å². The Morgan fingerprint density at radius 1 is 1.08 bits per heavy atom. The molecule has 0 aromatic rings. The summed E-state index contributed by atoms with van der Waals surface area (Å²) in [6, 6.07) is 0. The third-order valence-electron chi connectivity index (χ3n) is 0.824. The van der Waals surface area contributed by atoms with Crippen LogP contribution in [0, 0.1) is 0 Å². The molecule has 0 rings (SSSR count). The van der Waals surface area contributed by atoms with Crippen LogP contribution in [0.4, 0.5) is 0 Å². The quantitative estimate of drug-likeness (QED) is 0.263. The van der Waals surface area contributed by atoms with Gasteiger partial charge in [-0.2, -0.15) is 0 Å². The first-order chi connectivity index (χ1) is 5.13. The number of nitrogens with zero attached hydrogens (tertiary/aromatic N) is 2. The molecule has 5 nitrogen and oxygen atoms in total. The van der Waals surface area contributed by atoms with Crippen molar-refractivity contribution in [2.24, 2.45) is 10.3 Å². The molecule has 0 aliphatic heterocycles. The average Bonchev–Trinajstić information content (AvgIpc) is 2.03. The molecule has 0 unspecified atom stereocenters. The molecule has 0 aromatic heterocycles. The molecule has 0 aromatic carbocycles. The zero-order valence-electron chi connectivity index (χ0n) is 7.26. The maximum absolute atomic E-state index is 8.03. The van der Waals surface area contributed by atoms with Crippen molar-refractivity contribution in [1.82, 2.24) is 0 Å². The molecule has 3 N–H and O–H groups in total. The summed E-state index contributed by atoms with van der Waals surface area (Å²) in [7, 11) is 0. The van der Waals surface area contributed by atoms with Gasteiger partial charge in [0.05, 0.1) is 0 Å². The summed E-state index contributed by atoms with van der Waals surface area (Å²) in [5, 5.41) is 29.2. The Bertz CT molecular complexity index is 132. The van der Waals surface area contributed by atoms with E-state index in [1.165, 1.54) is 13.8 Å². The van der Waals surface area contributed by atoms with E-state index in [0.717, 1.165) is 0 Å². The van der Waals surface area contributed by atoms with E-state index < -0.39 is 0 Å². The van der Waals surface area contributed by atoms with Gasteiger partial charge in [0.1, 0.15) is 11.4 Å². The topological polar surface area (TPSA) is 85.4 Å². The molecule has 0 saturated heterocycles. The van der Waals surface area contributed by atoms with E-state index in [0.29, 0.717) is 11.4 Å². The maximum Gasteiger partial charge on any atom is 0.101 e. The number of hydrogen-bond acceptors (Lipinski definition) is 5. The van der Waals surface area contributed by atoms with E-state index in [4.69, 9.17) is 15.5 Å². The predicted octanol–water partition coefficient (Wildman–Crippen LogP) is 0.683. The van der Waals surface area contributed by atoms with E-state index in [1.54, 1.807) is 6.92 Å². The van der Waals surface area contributed by atoms with Crippen LogP contribution in [0.2, 0.25) is 0 Å². The van der Waals surface area contributed by atoms with Crippen molar-refractivity contribution in [2.75, 3.05) is 6.61 Å². The first-order valence-electron chi connectivity index (χ1n) is 3.12. The Balaban J connectivity index is -0.000000177. The minimum absolute atomic E-state index is 0.